The molecule has 0 amide bonds. The highest BCUT2D eigenvalue weighted by Crippen LogP contribution is 2.35. The van der Waals surface area contributed by atoms with Gasteiger partial charge in [0.1, 0.15) is 0 Å². The lowest BCUT2D eigenvalue weighted by Crippen LogP contribution is -2.19. The van der Waals surface area contributed by atoms with E-state index in [-0.39, 0.29) is 31.5 Å². The second-order valence-corrected chi connectivity index (χ2v) is 6.76. The van der Waals surface area contributed by atoms with E-state index in [4.69, 9.17) is 0 Å². The summed E-state index contributed by atoms with van der Waals surface area (Å²) in [6.07, 6.45) is 11.4. The van der Waals surface area contributed by atoms with Crippen molar-refractivity contribution in [3.63, 3.8) is 0 Å². The molecule has 2 nitrogen and oxygen atoms in total. The van der Waals surface area contributed by atoms with E-state index in [2.05, 4.69) is 0 Å². The highest BCUT2D eigenvalue weighted by molar-refractivity contribution is 7.73. The first-order valence-electron chi connectivity index (χ1n) is 7.12. The summed E-state index contributed by atoms with van der Waals surface area (Å²) in [6.45, 7) is 0. The zero-order chi connectivity index (χ0) is 12.1. The maximum Gasteiger partial charge on any atom is 0.161 e. The van der Waals surface area contributed by atoms with Crippen LogP contribution in [0.3, 0.4) is 0 Å². The monoisotopic (exact) mass is 254 g/mol. The molecule has 0 atom stereocenters. The van der Waals surface area contributed by atoms with E-state index in [1.165, 1.54) is 38.5 Å². The molecule has 2 saturated carbocycles. The van der Waals surface area contributed by atoms with Gasteiger partial charge in [0, 0.05) is 20.4 Å². The van der Waals surface area contributed by atoms with Crippen LogP contribution in [0.2, 0.25) is 0 Å². The molecule has 2 rings (SSSR count). The van der Waals surface area contributed by atoms with Gasteiger partial charge in [-0.1, -0.05) is 38.5 Å². The Morgan fingerprint density at radius 2 is 1.00 bits per heavy atom. The molecule has 0 aromatic heterocycles. The molecule has 3 heteroatoms. The lowest BCUT2D eigenvalue weighted by molar-refractivity contribution is -0.118. The van der Waals surface area contributed by atoms with Crippen molar-refractivity contribution in [3.8, 4) is 0 Å². The first-order chi connectivity index (χ1) is 8.27. The maximum absolute atomic E-state index is 12.0. The topological polar surface area (TPSA) is 34.1 Å². The normalized spacial score (nSPS) is 23.5. The minimum Gasteiger partial charge on any atom is -0.294 e. The summed E-state index contributed by atoms with van der Waals surface area (Å²) < 4.78 is 0. The number of carbonyl (C=O) groups is 2. The second kappa shape index (κ2) is 6.64. The summed E-state index contributed by atoms with van der Waals surface area (Å²) in [5.74, 6) is 0.434. The zero-order valence-corrected chi connectivity index (χ0v) is 11.5. The van der Waals surface area contributed by atoms with E-state index >= 15 is 0 Å². The minimum atomic E-state index is -0.0363. The van der Waals surface area contributed by atoms with E-state index in [0.29, 0.717) is 0 Å². The summed E-state index contributed by atoms with van der Waals surface area (Å²) in [5, 5.41) is 0. The fourth-order valence-corrected chi connectivity index (χ4v) is 4.28. The molecule has 0 heterocycles. The molecule has 0 unspecified atom stereocenters. The van der Waals surface area contributed by atoms with Gasteiger partial charge in [-0.2, -0.15) is 0 Å². The van der Waals surface area contributed by atoms with Crippen LogP contribution in [0, 0.1) is 11.8 Å². The smallest absolute Gasteiger partial charge is 0.161 e. The van der Waals surface area contributed by atoms with Crippen LogP contribution in [0.25, 0.3) is 0 Å². The number of hydrogen-bond donors (Lipinski definition) is 0. The first kappa shape index (κ1) is 13.2. The fourth-order valence-electron chi connectivity index (χ4n) is 3.06. The van der Waals surface area contributed by atoms with Gasteiger partial charge in [-0.15, -0.1) is 0 Å². The summed E-state index contributed by atoms with van der Waals surface area (Å²) in [6, 6.07) is 0. The van der Waals surface area contributed by atoms with Crippen molar-refractivity contribution in [3.05, 3.63) is 0 Å². The number of hydrogen-bond acceptors (Lipinski definition) is 2. The fraction of sp³-hybridized carbons (Fsp3) is 0.857. The largest absolute Gasteiger partial charge is 0.294 e. The van der Waals surface area contributed by atoms with Gasteiger partial charge in [-0.05, 0) is 25.7 Å². The Kier molecular flexibility index (Phi) is 5.16. The van der Waals surface area contributed by atoms with Crippen LogP contribution in [0.4, 0.5) is 0 Å². The van der Waals surface area contributed by atoms with Crippen molar-refractivity contribution in [1.82, 2.24) is 0 Å². The van der Waals surface area contributed by atoms with E-state index in [9.17, 15) is 9.59 Å². The molecule has 2 aliphatic rings. The molecule has 0 aliphatic heterocycles. The molecule has 17 heavy (non-hydrogen) atoms. The van der Waals surface area contributed by atoms with Crippen molar-refractivity contribution in [2.24, 2.45) is 11.8 Å². The molecule has 96 valence electrons. The van der Waals surface area contributed by atoms with Crippen molar-refractivity contribution in [2.75, 3.05) is 0 Å². The van der Waals surface area contributed by atoms with Crippen LogP contribution in [0.1, 0.15) is 64.2 Å². The summed E-state index contributed by atoms with van der Waals surface area (Å²) in [5.41, 5.74) is 0.528. The summed E-state index contributed by atoms with van der Waals surface area (Å²) >= 11 is 0. The standard InChI is InChI=1S/C14H23O2P/c15-13(11-7-3-1-4-8-11)17-14(16)12-9-5-2-6-10-12/h11-12,17H,1-10H2. The van der Waals surface area contributed by atoms with Gasteiger partial charge in [-0.3, -0.25) is 9.59 Å². The predicted octanol–water partition coefficient (Wildman–Crippen LogP) is 3.88. The lowest BCUT2D eigenvalue weighted by Gasteiger charge is -2.23. The SMILES string of the molecule is O=C(PC(=O)C1CCCCC1)C1CCCCC1. The molecular formula is C14H23O2P. The van der Waals surface area contributed by atoms with Gasteiger partial charge in [0.15, 0.2) is 11.0 Å². The van der Waals surface area contributed by atoms with Crippen LogP contribution in [-0.4, -0.2) is 11.0 Å². The molecule has 0 saturated heterocycles. The molecule has 0 N–H and O–H groups in total. The van der Waals surface area contributed by atoms with Crippen LogP contribution < -0.4 is 0 Å². The lowest BCUT2D eigenvalue weighted by atomic mass is 9.90. The Hall–Kier alpha value is -0.230. The third-order valence-electron chi connectivity index (χ3n) is 4.20. The number of rotatable bonds is 4. The Bertz CT molecular complexity index is 248. The van der Waals surface area contributed by atoms with Crippen molar-refractivity contribution >= 4 is 19.6 Å². The molecule has 0 aromatic rings. The summed E-state index contributed by atoms with van der Waals surface area (Å²) in [7, 11) is -0.0363. The minimum absolute atomic E-state index is 0.0363. The van der Waals surface area contributed by atoms with Gasteiger partial charge in [0.2, 0.25) is 0 Å². The van der Waals surface area contributed by atoms with E-state index in [1.807, 2.05) is 0 Å². The zero-order valence-electron chi connectivity index (χ0n) is 10.5. The molecule has 0 spiro atoms. The van der Waals surface area contributed by atoms with Gasteiger partial charge >= 0.3 is 0 Å². The van der Waals surface area contributed by atoms with E-state index in [0.717, 1.165) is 25.7 Å². The van der Waals surface area contributed by atoms with Gasteiger partial charge in [-0.25, -0.2) is 0 Å². The van der Waals surface area contributed by atoms with Gasteiger partial charge in [0.25, 0.3) is 0 Å². The van der Waals surface area contributed by atoms with Crippen molar-refractivity contribution < 1.29 is 9.59 Å². The predicted molar refractivity (Wildman–Crippen MR) is 71.5 cm³/mol. The Balaban J connectivity index is 1.78. The number of carbonyl (C=O) groups excluding carboxylic acids is 2. The van der Waals surface area contributed by atoms with Crippen LogP contribution in [-0.2, 0) is 9.59 Å². The average Bonchev–Trinajstić information content (AvgIpc) is 2.40. The molecule has 0 aromatic carbocycles. The third-order valence-corrected chi connectivity index (χ3v) is 5.51. The Morgan fingerprint density at radius 3 is 1.35 bits per heavy atom. The molecule has 0 radical (unpaired) electrons. The van der Waals surface area contributed by atoms with E-state index < -0.39 is 0 Å². The van der Waals surface area contributed by atoms with Crippen molar-refractivity contribution in [1.29, 1.82) is 0 Å². The highest BCUT2D eigenvalue weighted by atomic mass is 31.1. The first-order valence-corrected chi connectivity index (χ1v) is 8.12. The van der Waals surface area contributed by atoms with E-state index in [1.54, 1.807) is 0 Å². The van der Waals surface area contributed by atoms with Crippen LogP contribution in [0.15, 0.2) is 0 Å². The molecular weight excluding hydrogens is 231 g/mol. The third kappa shape index (κ3) is 3.88. The Morgan fingerprint density at radius 1 is 0.647 bits per heavy atom. The van der Waals surface area contributed by atoms with Gasteiger partial charge in [0.05, 0.1) is 0 Å². The molecule has 0 bridgehead atoms. The van der Waals surface area contributed by atoms with Crippen molar-refractivity contribution in [2.45, 2.75) is 64.2 Å². The summed E-state index contributed by atoms with van der Waals surface area (Å²) in [4.78, 5) is 24.1. The second-order valence-electron chi connectivity index (χ2n) is 5.52. The molecule has 2 fully saturated rings. The van der Waals surface area contributed by atoms with Crippen LogP contribution in [0.5, 0.6) is 0 Å². The van der Waals surface area contributed by atoms with Crippen LogP contribution >= 0.6 is 8.58 Å². The maximum atomic E-state index is 12.0. The average molecular weight is 254 g/mol. The highest BCUT2D eigenvalue weighted by Gasteiger charge is 2.27. The quantitative estimate of drug-likeness (QED) is 0.713. The Labute approximate surface area is 106 Å². The van der Waals surface area contributed by atoms with Gasteiger partial charge < -0.3 is 0 Å². The molecule has 2 aliphatic carbocycles.